The highest BCUT2D eigenvalue weighted by Gasteiger charge is 2.38. The zero-order valence-corrected chi connectivity index (χ0v) is 18.8. The molecule has 0 saturated carbocycles. The van der Waals surface area contributed by atoms with Crippen LogP contribution in [0.3, 0.4) is 0 Å². The van der Waals surface area contributed by atoms with Crippen LogP contribution in [-0.4, -0.2) is 17.8 Å². The maximum absolute atomic E-state index is 12.8. The normalized spacial score (nSPS) is 13.6. The van der Waals surface area contributed by atoms with Gasteiger partial charge in [0.1, 0.15) is 16.5 Å². The van der Waals surface area contributed by atoms with Gasteiger partial charge in [0, 0.05) is 5.69 Å². The largest absolute Gasteiger partial charge is 0.423 e. The summed E-state index contributed by atoms with van der Waals surface area (Å²) in [5.41, 5.74) is 2.40. The van der Waals surface area contributed by atoms with Gasteiger partial charge in [0.25, 0.3) is 11.8 Å². The average molecular weight is 461 g/mol. The van der Waals surface area contributed by atoms with Gasteiger partial charge < -0.3 is 10.1 Å². The van der Waals surface area contributed by atoms with E-state index in [2.05, 4.69) is 19.2 Å². The molecule has 1 heterocycles. The van der Waals surface area contributed by atoms with Crippen LogP contribution in [0.4, 0.5) is 11.4 Å². The first-order valence-corrected chi connectivity index (χ1v) is 10.8. The van der Waals surface area contributed by atoms with E-state index in [4.69, 9.17) is 16.3 Å². The maximum atomic E-state index is 12.8. The molecule has 0 atom stereocenters. The van der Waals surface area contributed by atoms with Crippen molar-refractivity contribution in [2.45, 2.75) is 19.8 Å². The molecule has 0 aliphatic carbocycles. The minimum absolute atomic E-state index is 0.0221. The molecule has 4 rings (SSSR count). The third-order valence-corrected chi connectivity index (χ3v) is 5.54. The molecule has 33 heavy (non-hydrogen) atoms. The van der Waals surface area contributed by atoms with Crippen molar-refractivity contribution < 1.29 is 19.1 Å². The van der Waals surface area contributed by atoms with Gasteiger partial charge in [-0.25, -0.2) is 9.69 Å². The predicted molar refractivity (Wildman–Crippen MR) is 127 cm³/mol. The van der Waals surface area contributed by atoms with Crippen molar-refractivity contribution in [3.8, 4) is 5.75 Å². The number of para-hydroxylation sites is 1. The summed E-state index contributed by atoms with van der Waals surface area (Å²) in [7, 11) is 0. The highest BCUT2D eigenvalue weighted by atomic mass is 35.5. The van der Waals surface area contributed by atoms with E-state index in [9.17, 15) is 14.4 Å². The fourth-order valence-electron chi connectivity index (χ4n) is 3.34. The molecule has 0 saturated heterocycles. The first-order chi connectivity index (χ1) is 15.8. The van der Waals surface area contributed by atoms with Crippen molar-refractivity contribution >= 4 is 40.8 Å². The van der Waals surface area contributed by atoms with E-state index < -0.39 is 17.8 Å². The molecule has 166 valence electrons. The monoisotopic (exact) mass is 460 g/mol. The lowest BCUT2D eigenvalue weighted by Gasteiger charge is -2.14. The number of carbonyl (C=O) groups excluding carboxylic acids is 3. The summed E-state index contributed by atoms with van der Waals surface area (Å²) < 4.78 is 5.42. The van der Waals surface area contributed by atoms with Crippen LogP contribution in [0.25, 0.3) is 0 Å². The Bertz CT molecular complexity index is 1230. The van der Waals surface area contributed by atoms with Gasteiger partial charge in [-0.3, -0.25) is 9.59 Å². The molecule has 1 aliphatic rings. The van der Waals surface area contributed by atoms with Crippen LogP contribution >= 0.6 is 11.6 Å². The van der Waals surface area contributed by atoms with Gasteiger partial charge in [-0.15, -0.1) is 0 Å². The van der Waals surface area contributed by atoms with Crippen LogP contribution in [0, 0.1) is 0 Å². The van der Waals surface area contributed by atoms with Crippen LogP contribution in [0.5, 0.6) is 5.75 Å². The van der Waals surface area contributed by atoms with Crippen LogP contribution < -0.4 is 15.0 Å². The number of anilines is 2. The van der Waals surface area contributed by atoms with Crippen LogP contribution in [0.15, 0.2) is 89.6 Å². The fraction of sp³-hybridized carbons (Fsp3) is 0.115. The summed E-state index contributed by atoms with van der Waals surface area (Å²) >= 11 is 6.15. The molecule has 0 fully saturated rings. The molecular formula is C26H21ClN2O4. The lowest BCUT2D eigenvalue weighted by Crippen LogP contribution is -2.32. The van der Waals surface area contributed by atoms with E-state index in [1.54, 1.807) is 66.7 Å². The average Bonchev–Trinajstić information content (AvgIpc) is 3.03. The number of amides is 2. The van der Waals surface area contributed by atoms with E-state index in [0.717, 1.165) is 10.5 Å². The predicted octanol–water partition coefficient (Wildman–Crippen LogP) is 5.46. The lowest BCUT2D eigenvalue weighted by atomic mass is 10.0. The summed E-state index contributed by atoms with van der Waals surface area (Å²) in [6.07, 6.45) is 0. The second-order valence-electron chi connectivity index (χ2n) is 7.79. The van der Waals surface area contributed by atoms with Crippen molar-refractivity contribution in [1.82, 2.24) is 0 Å². The summed E-state index contributed by atoms with van der Waals surface area (Å²) in [4.78, 5) is 38.8. The van der Waals surface area contributed by atoms with Gasteiger partial charge in [0.15, 0.2) is 0 Å². The van der Waals surface area contributed by atoms with E-state index in [1.165, 1.54) is 0 Å². The van der Waals surface area contributed by atoms with E-state index >= 15 is 0 Å². The Labute approximate surface area is 196 Å². The lowest BCUT2D eigenvalue weighted by molar-refractivity contribution is -0.120. The molecule has 0 radical (unpaired) electrons. The number of nitrogens with one attached hydrogen (secondary N) is 1. The second kappa shape index (κ2) is 9.30. The molecule has 3 aromatic carbocycles. The van der Waals surface area contributed by atoms with Gasteiger partial charge in [-0.2, -0.15) is 0 Å². The molecule has 3 aromatic rings. The SMILES string of the molecule is CC(C)c1ccc(OC(=O)c2ccc(NC3=C(Cl)C(=O)N(c4ccccc4)C3=O)cc2)cc1. The van der Waals surface area contributed by atoms with Crippen molar-refractivity contribution in [2.75, 3.05) is 10.2 Å². The molecule has 1 aliphatic heterocycles. The molecule has 6 nitrogen and oxygen atoms in total. The van der Waals surface area contributed by atoms with Crippen molar-refractivity contribution in [2.24, 2.45) is 0 Å². The third-order valence-electron chi connectivity index (χ3n) is 5.19. The molecule has 0 unspecified atom stereocenters. The molecule has 0 spiro atoms. The molecule has 0 bridgehead atoms. The Morgan fingerprint density at radius 1 is 0.879 bits per heavy atom. The van der Waals surface area contributed by atoms with Gasteiger partial charge in [0.05, 0.1) is 11.3 Å². The van der Waals surface area contributed by atoms with E-state index in [0.29, 0.717) is 28.6 Å². The van der Waals surface area contributed by atoms with Crippen LogP contribution in [0.2, 0.25) is 0 Å². The second-order valence-corrected chi connectivity index (χ2v) is 8.16. The Balaban J connectivity index is 1.44. The number of carbonyl (C=O) groups is 3. The van der Waals surface area contributed by atoms with Gasteiger partial charge >= 0.3 is 5.97 Å². The Kier molecular flexibility index (Phi) is 6.29. The molecule has 2 amide bonds. The number of nitrogens with zero attached hydrogens (tertiary/aromatic N) is 1. The molecule has 7 heteroatoms. The summed E-state index contributed by atoms with van der Waals surface area (Å²) in [5, 5.41) is 2.69. The van der Waals surface area contributed by atoms with Gasteiger partial charge in [-0.1, -0.05) is 55.8 Å². The van der Waals surface area contributed by atoms with Crippen LogP contribution in [0.1, 0.15) is 35.7 Å². The zero-order valence-electron chi connectivity index (χ0n) is 18.0. The minimum Gasteiger partial charge on any atom is -0.423 e. The van der Waals surface area contributed by atoms with Gasteiger partial charge in [0.2, 0.25) is 0 Å². The number of halogens is 1. The maximum Gasteiger partial charge on any atom is 0.343 e. The number of benzene rings is 3. The fourth-order valence-corrected chi connectivity index (χ4v) is 3.56. The number of imide groups is 1. The summed E-state index contributed by atoms with van der Waals surface area (Å²) in [6.45, 7) is 4.18. The topological polar surface area (TPSA) is 75.7 Å². The summed E-state index contributed by atoms with van der Waals surface area (Å²) in [6, 6.07) is 22.3. The van der Waals surface area contributed by atoms with Crippen LogP contribution in [-0.2, 0) is 9.59 Å². The first kappa shape index (κ1) is 22.3. The zero-order chi connectivity index (χ0) is 23.5. The smallest absolute Gasteiger partial charge is 0.343 e. The van der Waals surface area contributed by atoms with Crippen molar-refractivity contribution in [3.05, 3.63) is 101 Å². The van der Waals surface area contributed by atoms with E-state index in [1.807, 2.05) is 12.1 Å². The molecular weight excluding hydrogens is 440 g/mol. The molecule has 1 N–H and O–H groups in total. The number of ether oxygens (including phenoxy) is 1. The van der Waals surface area contributed by atoms with Crippen molar-refractivity contribution in [3.63, 3.8) is 0 Å². The Morgan fingerprint density at radius 2 is 1.52 bits per heavy atom. The highest BCUT2D eigenvalue weighted by molar-refractivity contribution is 6.53. The highest BCUT2D eigenvalue weighted by Crippen LogP contribution is 2.30. The minimum atomic E-state index is -0.598. The van der Waals surface area contributed by atoms with Gasteiger partial charge in [-0.05, 0) is 60.0 Å². The van der Waals surface area contributed by atoms with E-state index in [-0.39, 0.29) is 10.7 Å². The number of rotatable bonds is 6. The Hall–Kier alpha value is -3.90. The number of hydrogen-bond acceptors (Lipinski definition) is 5. The first-order valence-electron chi connectivity index (χ1n) is 10.4. The standard InChI is InChI=1S/C26H21ClN2O4/c1-16(2)17-10-14-21(15-11-17)33-26(32)18-8-12-19(13-9-18)28-23-22(27)24(30)29(25(23)31)20-6-4-3-5-7-20/h3-16,28H,1-2H3. The molecule has 0 aromatic heterocycles. The summed E-state index contributed by atoms with van der Waals surface area (Å²) in [5.74, 6) is -0.804. The Morgan fingerprint density at radius 3 is 2.12 bits per heavy atom. The van der Waals surface area contributed by atoms with Crippen molar-refractivity contribution in [1.29, 1.82) is 0 Å². The third kappa shape index (κ3) is 4.66. The number of hydrogen-bond donors (Lipinski definition) is 1. The number of esters is 1. The quantitative estimate of drug-likeness (QED) is 0.300.